The van der Waals surface area contributed by atoms with E-state index in [1.54, 1.807) is 20.0 Å². The molecule has 0 saturated carbocycles. The molecule has 6 heteroatoms. The Morgan fingerprint density at radius 3 is 2.80 bits per heavy atom. The van der Waals surface area contributed by atoms with Crippen molar-refractivity contribution in [3.05, 3.63) is 42.2 Å². The summed E-state index contributed by atoms with van der Waals surface area (Å²) in [6, 6.07) is 7.96. The molecule has 1 aromatic carbocycles. The van der Waals surface area contributed by atoms with E-state index in [4.69, 9.17) is 9.57 Å². The fourth-order valence-electron chi connectivity index (χ4n) is 1.80. The van der Waals surface area contributed by atoms with Crippen LogP contribution in [0.5, 0.6) is 0 Å². The Balaban J connectivity index is 1.92. The summed E-state index contributed by atoms with van der Waals surface area (Å²) in [7, 11) is 0. The SMILES string of the molecule is CCOC(=O)C(C)ON1C=CN(c2ccccc2C)N1. The number of hydrogen-bond acceptors (Lipinski definition) is 6. The van der Waals surface area contributed by atoms with Crippen LogP contribution in [-0.4, -0.2) is 23.9 Å². The first-order valence-corrected chi connectivity index (χ1v) is 6.54. The number of anilines is 1. The maximum absolute atomic E-state index is 11.5. The van der Waals surface area contributed by atoms with E-state index < -0.39 is 12.1 Å². The van der Waals surface area contributed by atoms with E-state index in [9.17, 15) is 4.79 Å². The second-order valence-electron chi connectivity index (χ2n) is 4.38. The summed E-state index contributed by atoms with van der Waals surface area (Å²) in [6.45, 7) is 5.77. The molecule has 1 unspecified atom stereocenters. The van der Waals surface area contributed by atoms with Crippen LogP contribution in [-0.2, 0) is 14.4 Å². The Labute approximate surface area is 118 Å². The number of ether oxygens (including phenoxy) is 1. The summed E-state index contributed by atoms with van der Waals surface area (Å²) >= 11 is 0. The molecule has 1 aromatic rings. The minimum atomic E-state index is -0.677. The van der Waals surface area contributed by atoms with Crippen molar-refractivity contribution in [2.75, 3.05) is 11.6 Å². The van der Waals surface area contributed by atoms with Crippen LogP contribution in [0.25, 0.3) is 0 Å². The maximum atomic E-state index is 11.5. The van der Waals surface area contributed by atoms with E-state index in [0.717, 1.165) is 11.3 Å². The molecule has 0 spiro atoms. The van der Waals surface area contributed by atoms with Gasteiger partial charge in [0.25, 0.3) is 0 Å². The van der Waals surface area contributed by atoms with Crippen LogP contribution in [0.4, 0.5) is 5.69 Å². The summed E-state index contributed by atoms with van der Waals surface area (Å²) in [5.74, 6) is -0.392. The van der Waals surface area contributed by atoms with Crippen molar-refractivity contribution >= 4 is 11.7 Å². The number of carbonyl (C=O) groups excluding carboxylic acids is 1. The number of hydrogen-bond donors (Lipinski definition) is 1. The first kappa shape index (κ1) is 14.4. The van der Waals surface area contributed by atoms with Crippen LogP contribution in [0, 0.1) is 6.92 Å². The van der Waals surface area contributed by atoms with E-state index >= 15 is 0 Å². The Morgan fingerprint density at radius 2 is 2.10 bits per heavy atom. The van der Waals surface area contributed by atoms with E-state index in [0.29, 0.717) is 6.61 Å². The molecule has 1 aliphatic rings. The average Bonchev–Trinajstić information content (AvgIpc) is 2.87. The molecule has 0 bridgehead atoms. The second kappa shape index (κ2) is 6.40. The highest BCUT2D eigenvalue weighted by Crippen LogP contribution is 2.20. The standard InChI is InChI=1S/C14H19N3O3/c1-4-19-14(18)12(3)20-17-10-9-16(15-17)13-8-6-5-7-11(13)2/h5-10,12,15H,4H2,1-3H3. The topological polar surface area (TPSA) is 54.0 Å². The molecule has 0 aliphatic carbocycles. The molecule has 0 aromatic heterocycles. The van der Waals surface area contributed by atoms with Gasteiger partial charge in [-0.05, 0) is 32.4 Å². The molecule has 108 valence electrons. The summed E-state index contributed by atoms with van der Waals surface area (Å²) in [4.78, 5) is 16.9. The third-order valence-electron chi connectivity index (χ3n) is 2.82. The van der Waals surface area contributed by atoms with Gasteiger partial charge in [-0.1, -0.05) is 18.2 Å². The van der Waals surface area contributed by atoms with Crippen LogP contribution < -0.4 is 10.5 Å². The normalized spacial score (nSPS) is 15.6. The molecule has 0 fully saturated rings. The van der Waals surface area contributed by atoms with Gasteiger partial charge in [-0.2, -0.15) is 5.17 Å². The fraction of sp³-hybridized carbons (Fsp3) is 0.357. The quantitative estimate of drug-likeness (QED) is 0.830. The Bertz CT molecular complexity index is 504. The molecule has 0 amide bonds. The zero-order valence-corrected chi connectivity index (χ0v) is 11.9. The van der Waals surface area contributed by atoms with Crippen molar-refractivity contribution in [1.82, 2.24) is 10.7 Å². The van der Waals surface area contributed by atoms with Gasteiger partial charge in [0.15, 0.2) is 6.10 Å². The first-order chi connectivity index (χ1) is 9.61. The largest absolute Gasteiger partial charge is 0.464 e. The molecule has 20 heavy (non-hydrogen) atoms. The van der Waals surface area contributed by atoms with Crippen molar-refractivity contribution in [3.8, 4) is 0 Å². The van der Waals surface area contributed by atoms with Gasteiger partial charge >= 0.3 is 5.97 Å². The third-order valence-corrected chi connectivity index (χ3v) is 2.82. The highest BCUT2D eigenvalue weighted by molar-refractivity contribution is 5.74. The fourth-order valence-corrected chi connectivity index (χ4v) is 1.80. The number of hydroxylamine groups is 1. The molecule has 1 N–H and O–H groups in total. The number of aryl methyl sites for hydroxylation is 1. The van der Waals surface area contributed by atoms with Crippen molar-refractivity contribution in [2.45, 2.75) is 26.9 Å². The van der Waals surface area contributed by atoms with Crippen molar-refractivity contribution in [3.63, 3.8) is 0 Å². The molecular formula is C14H19N3O3. The number of nitrogens with zero attached hydrogens (tertiary/aromatic N) is 2. The minimum absolute atomic E-state index is 0.338. The minimum Gasteiger partial charge on any atom is -0.464 e. The molecule has 0 saturated heterocycles. The van der Waals surface area contributed by atoms with Gasteiger partial charge in [0.2, 0.25) is 0 Å². The zero-order chi connectivity index (χ0) is 14.5. The van der Waals surface area contributed by atoms with Crippen LogP contribution in [0.15, 0.2) is 36.7 Å². The molecular weight excluding hydrogens is 258 g/mol. The number of carbonyl (C=O) groups is 1. The lowest BCUT2D eigenvalue weighted by atomic mass is 10.2. The van der Waals surface area contributed by atoms with Crippen molar-refractivity contribution in [2.24, 2.45) is 0 Å². The number of benzene rings is 1. The Morgan fingerprint density at radius 1 is 1.35 bits per heavy atom. The number of hydrazine groups is 2. The van der Waals surface area contributed by atoms with Crippen molar-refractivity contribution in [1.29, 1.82) is 0 Å². The molecule has 1 atom stereocenters. The van der Waals surface area contributed by atoms with Crippen LogP contribution in [0.1, 0.15) is 19.4 Å². The first-order valence-electron chi connectivity index (χ1n) is 6.54. The summed E-state index contributed by atoms with van der Waals surface area (Å²) in [5, 5.41) is 3.20. The summed E-state index contributed by atoms with van der Waals surface area (Å²) < 4.78 is 4.89. The van der Waals surface area contributed by atoms with Crippen LogP contribution in [0.2, 0.25) is 0 Å². The third kappa shape index (κ3) is 3.28. The number of esters is 1. The lowest BCUT2D eigenvalue weighted by molar-refractivity contribution is -0.205. The molecule has 6 nitrogen and oxygen atoms in total. The van der Waals surface area contributed by atoms with Gasteiger partial charge in [0.05, 0.1) is 18.5 Å². The van der Waals surface area contributed by atoms with E-state index in [1.165, 1.54) is 5.17 Å². The summed E-state index contributed by atoms with van der Waals surface area (Å²) in [6.07, 6.45) is 2.84. The highest BCUT2D eigenvalue weighted by Gasteiger charge is 2.22. The zero-order valence-electron chi connectivity index (χ0n) is 11.9. The Hall–Kier alpha value is -2.05. The predicted octanol–water partition coefficient (Wildman–Crippen LogP) is 1.89. The number of rotatable bonds is 5. The smallest absolute Gasteiger partial charge is 0.337 e. The van der Waals surface area contributed by atoms with Gasteiger partial charge in [0, 0.05) is 6.20 Å². The van der Waals surface area contributed by atoms with Gasteiger partial charge in [-0.25, -0.2) is 9.63 Å². The maximum Gasteiger partial charge on any atom is 0.337 e. The summed E-state index contributed by atoms with van der Waals surface area (Å²) in [5.41, 5.74) is 5.14. The van der Waals surface area contributed by atoms with Crippen molar-refractivity contribution < 1.29 is 14.4 Å². The van der Waals surface area contributed by atoms with E-state index in [-0.39, 0.29) is 0 Å². The second-order valence-corrected chi connectivity index (χ2v) is 4.38. The number of para-hydroxylation sites is 1. The Kier molecular flexibility index (Phi) is 4.60. The van der Waals surface area contributed by atoms with Gasteiger partial charge in [-0.3, -0.25) is 5.01 Å². The lowest BCUT2D eigenvalue weighted by Crippen LogP contribution is -2.42. The highest BCUT2D eigenvalue weighted by atomic mass is 16.7. The predicted molar refractivity (Wildman–Crippen MR) is 75.0 cm³/mol. The number of nitrogens with one attached hydrogen (secondary N) is 1. The van der Waals surface area contributed by atoms with Gasteiger partial charge in [-0.15, -0.1) is 5.53 Å². The van der Waals surface area contributed by atoms with E-state index in [1.807, 2.05) is 42.4 Å². The molecule has 1 heterocycles. The van der Waals surface area contributed by atoms with Crippen LogP contribution in [0.3, 0.4) is 0 Å². The monoisotopic (exact) mass is 277 g/mol. The van der Waals surface area contributed by atoms with Gasteiger partial charge in [0.1, 0.15) is 0 Å². The molecule has 2 rings (SSSR count). The lowest BCUT2D eigenvalue weighted by Gasteiger charge is -2.24. The van der Waals surface area contributed by atoms with Gasteiger partial charge < -0.3 is 4.74 Å². The van der Waals surface area contributed by atoms with Crippen LogP contribution >= 0.6 is 0 Å². The molecule has 1 aliphatic heterocycles. The average molecular weight is 277 g/mol. The van der Waals surface area contributed by atoms with E-state index in [2.05, 4.69) is 5.53 Å². The molecule has 0 radical (unpaired) electrons.